The molecule has 0 aromatic carbocycles. The maximum Gasteiger partial charge on any atom is 0.207 e. The van der Waals surface area contributed by atoms with Gasteiger partial charge in [-0.2, -0.15) is 0 Å². The molecule has 0 radical (unpaired) electrons. The van der Waals surface area contributed by atoms with E-state index in [1.165, 1.54) is 5.56 Å². The molecule has 0 unspecified atom stereocenters. The number of hydrogen-bond donors (Lipinski definition) is 1. The van der Waals surface area contributed by atoms with Gasteiger partial charge >= 0.3 is 0 Å². The van der Waals surface area contributed by atoms with Gasteiger partial charge in [-0.05, 0) is 31.0 Å². The van der Waals surface area contributed by atoms with Crippen LogP contribution in [0, 0.1) is 13.8 Å². The van der Waals surface area contributed by atoms with Crippen molar-refractivity contribution in [3.05, 3.63) is 29.1 Å². The van der Waals surface area contributed by atoms with Crippen LogP contribution in [-0.4, -0.2) is 11.4 Å². The van der Waals surface area contributed by atoms with Gasteiger partial charge in [-0.25, -0.2) is 0 Å². The van der Waals surface area contributed by atoms with Gasteiger partial charge in [-0.15, -0.1) is 0 Å². The molecule has 0 atom stereocenters. The van der Waals surface area contributed by atoms with Gasteiger partial charge in [0.25, 0.3) is 0 Å². The monoisotopic (exact) mass is 164 g/mol. The summed E-state index contributed by atoms with van der Waals surface area (Å²) in [6.07, 6.45) is 2.44. The number of amides is 1. The van der Waals surface area contributed by atoms with Gasteiger partial charge in [-0.3, -0.25) is 9.78 Å². The summed E-state index contributed by atoms with van der Waals surface area (Å²) in [7, 11) is 0. The molecule has 3 nitrogen and oxygen atoms in total. The molecule has 0 aliphatic heterocycles. The summed E-state index contributed by atoms with van der Waals surface area (Å²) >= 11 is 0. The van der Waals surface area contributed by atoms with E-state index in [-0.39, 0.29) is 0 Å². The smallest absolute Gasteiger partial charge is 0.207 e. The number of nitrogens with zero attached hydrogens (tertiary/aromatic N) is 1. The normalized spacial score (nSPS) is 9.50. The van der Waals surface area contributed by atoms with Gasteiger partial charge in [-0.1, -0.05) is 0 Å². The number of aryl methyl sites for hydroxylation is 1. The summed E-state index contributed by atoms with van der Waals surface area (Å²) in [5, 5.41) is 2.59. The third-order valence-electron chi connectivity index (χ3n) is 1.93. The van der Waals surface area contributed by atoms with Crippen molar-refractivity contribution >= 4 is 6.41 Å². The average molecular weight is 164 g/mol. The van der Waals surface area contributed by atoms with Crippen molar-refractivity contribution in [1.82, 2.24) is 10.3 Å². The van der Waals surface area contributed by atoms with Crippen LogP contribution in [0.1, 0.15) is 16.8 Å². The largest absolute Gasteiger partial charge is 0.353 e. The predicted octanol–water partition coefficient (Wildman–Crippen LogP) is 0.944. The Morgan fingerprint density at radius 2 is 2.33 bits per heavy atom. The van der Waals surface area contributed by atoms with Gasteiger partial charge in [0.1, 0.15) is 0 Å². The molecule has 0 aliphatic carbocycles. The first-order chi connectivity index (χ1) is 5.75. The van der Waals surface area contributed by atoms with Crippen molar-refractivity contribution in [3.8, 4) is 0 Å². The first-order valence-electron chi connectivity index (χ1n) is 3.84. The molecule has 1 N–H and O–H groups in total. The van der Waals surface area contributed by atoms with Crippen LogP contribution in [-0.2, 0) is 11.3 Å². The Balaban J connectivity index is 2.84. The highest BCUT2D eigenvalue weighted by atomic mass is 16.1. The Morgan fingerprint density at radius 1 is 1.58 bits per heavy atom. The number of hydrogen-bond acceptors (Lipinski definition) is 2. The Labute approximate surface area is 71.8 Å². The van der Waals surface area contributed by atoms with Crippen LogP contribution in [0.2, 0.25) is 0 Å². The standard InChI is InChI=1S/C9H12N2O/c1-7-3-4-11-9(8(7)2)5-10-6-12/h3-4,6H,5H2,1-2H3,(H,10,12). The Hall–Kier alpha value is -1.38. The van der Waals surface area contributed by atoms with Crippen molar-refractivity contribution < 1.29 is 4.79 Å². The van der Waals surface area contributed by atoms with Crippen molar-refractivity contribution in [2.45, 2.75) is 20.4 Å². The van der Waals surface area contributed by atoms with E-state index in [0.29, 0.717) is 13.0 Å². The van der Waals surface area contributed by atoms with E-state index in [1.807, 2.05) is 19.9 Å². The zero-order valence-corrected chi connectivity index (χ0v) is 7.29. The molecule has 3 heteroatoms. The fourth-order valence-electron chi connectivity index (χ4n) is 1.01. The predicted molar refractivity (Wildman–Crippen MR) is 46.6 cm³/mol. The first kappa shape index (κ1) is 8.71. The van der Waals surface area contributed by atoms with Gasteiger partial charge in [0.2, 0.25) is 6.41 Å². The molecule has 0 bridgehead atoms. The fraction of sp³-hybridized carbons (Fsp3) is 0.333. The number of carbonyl (C=O) groups excluding carboxylic acids is 1. The zero-order valence-electron chi connectivity index (χ0n) is 7.29. The van der Waals surface area contributed by atoms with E-state index >= 15 is 0 Å². The van der Waals surface area contributed by atoms with E-state index in [0.717, 1.165) is 11.3 Å². The van der Waals surface area contributed by atoms with Gasteiger partial charge in [0, 0.05) is 6.20 Å². The van der Waals surface area contributed by atoms with Gasteiger partial charge < -0.3 is 5.32 Å². The molecule has 1 amide bonds. The summed E-state index contributed by atoms with van der Waals surface area (Å²) in [5.74, 6) is 0. The van der Waals surface area contributed by atoms with E-state index in [1.54, 1.807) is 6.20 Å². The molecule has 1 aromatic heterocycles. The maximum absolute atomic E-state index is 10.0. The summed E-state index contributed by atoms with van der Waals surface area (Å²) in [6, 6.07) is 1.96. The minimum Gasteiger partial charge on any atom is -0.353 e. The quantitative estimate of drug-likeness (QED) is 0.676. The molecule has 0 saturated carbocycles. The van der Waals surface area contributed by atoms with E-state index in [2.05, 4.69) is 10.3 Å². The van der Waals surface area contributed by atoms with Crippen LogP contribution in [0.3, 0.4) is 0 Å². The van der Waals surface area contributed by atoms with Crippen LogP contribution < -0.4 is 5.32 Å². The highest BCUT2D eigenvalue weighted by Gasteiger charge is 1.99. The second-order valence-corrected chi connectivity index (χ2v) is 2.70. The van der Waals surface area contributed by atoms with Gasteiger partial charge in [0.15, 0.2) is 0 Å². The SMILES string of the molecule is Cc1ccnc(CNC=O)c1C. The third-order valence-corrected chi connectivity index (χ3v) is 1.93. The molecule has 0 saturated heterocycles. The average Bonchev–Trinajstić information content (AvgIpc) is 2.08. The van der Waals surface area contributed by atoms with Crippen LogP contribution in [0.25, 0.3) is 0 Å². The molecule has 1 heterocycles. The van der Waals surface area contributed by atoms with E-state index in [9.17, 15) is 4.79 Å². The second-order valence-electron chi connectivity index (χ2n) is 2.70. The second kappa shape index (κ2) is 3.85. The summed E-state index contributed by atoms with van der Waals surface area (Å²) in [4.78, 5) is 14.2. The summed E-state index contributed by atoms with van der Waals surface area (Å²) < 4.78 is 0. The molecule has 64 valence electrons. The molecule has 1 aromatic rings. The Bertz CT molecular complexity index is 284. The van der Waals surface area contributed by atoms with Crippen LogP contribution in [0.5, 0.6) is 0 Å². The highest BCUT2D eigenvalue weighted by molar-refractivity contribution is 5.46. The topological polar surface area (TPSA) is 42.0 Å². The van der Waals surface area contributed by atoms with Crippen LogP contribution in [0.15, 0.2) is 12.3 Å². The van der Waals surface area contributed by atoms with Crippen molar-refractivity contribution in [3.63, 3.8) is 0 Å². The lowest BCUT2D eigenvalue weighted by atomic mass is 10.1. The van der Waals surface area contributed by atoms with Crippen LogP contribution in [0.4, 0.5) is 0 Å². The summed E-state index contributed by atoms with van der Waals surface area (Å²) in [5.41, 5.74) is 3.28. The number of carbonyl (C=O) groups is 1. The Kier molecular flexibility index (Phi) is 2.80. The number of rotatable bonds is 3. The van der Waals surface area contributed by atoms with Crippen molar-refractivity contribution in [2.24, 2.45) is 0 Å². The molecular weight excluding hydrogens is 152 g/mol. The van der Waals surface area contributed by atoms with E-state index < -0.39 is 0 Å². The lowest BCUT2D eigenvalue weighted by Gasteiger charge is -2.05. The van der Waals surface area contributed by atoms with Crippen molar-refractivity contribution in [2.75, 3.05) is 0 Å². The number of aromatic nitrogens is 1. The third kappa shape index (κ3) is 1.81. The molecular formula is C9H12N2O. The molecule has 0 spiro atoms. The van der Waals surface area contributed by atoms with Crippen LogP contribution >= 0.6 is 0 Å². The summed E-state index contributed by atoms with van der Waals surface area (Å²) in [6.45, 7) is 4.54. The molecule has 1 rings (SSSR count). The van der Waals surface area contributed by atoms with E-state index in [4.69, 9.17) is 0 Å². The minimum atomic E-state index is 0.511. The lowest BCUT2D eigenvalue weighted by Crippen LogP contribution is -2.12. The minimum absolute atomic E-state index is 0.511. The van der Waals surface area contributed by atoms with Crippen molar-refractivity contribution in [1.29, 1.82) is 0 Å². The lowest BCUT2D eigenvalue weighted by molar-refractivity contribution is -0.109. The highest BCUT2D eigenvalue weighted by Crippen LogP contribution is 2.08. The number of pyridine rings is 1. The molecule has 12 heavy (non-hydrogen) atoms. The maximum atomic E-state index is 10.0. The fourth-order valence-corrected chi connectivity index (χ4v) is 1.01. The first-order valence-corrected chi connectivity index (χ1v) is 3.84. The molecule has 0 fully saturated rings. The zero-order chi connectivity index (χ0) is 8.97. The number of nitrogens with one attached hydrogen (secondary N) is 1. The molecule has 0 aliphatic rings. The van der Waals surface area contributed by atoms with Gasteiger partial charge in [0.05, 0.1) is 12.2 Å². The Morgan fingerprint density at radius 3 is 3.00 bits per heavy atom.